The summed E-state index contributed by atoms with van der Waals surface area (Å²) in [6.45, 7) is 3.80. The topological polar surface area (TPSA) is 226 Å². The third kappa shape index (κ3) is 37.4. The van der Waals surface area contributed by atoms with E-state index in [-0.39, 0.29) is 6.42 Å². The molecular formula is C57H112NO12P. The van der Waals surface area contributed by atoms with Crippen molar-refractivity contribution in [1.29, 1.82) is 0 Å². The normalized spacial score (nSPS) is 21.7. The lowest BCUT2D eigenvalue weighted by Crippen LogP contribution is -2.64. The lowest BCUT2D eigenvalue weighted by Gasteiger charge is -2.41. The van der Waals surface area contributed by atoms with Crippen molar-refractivity contribution in [3.8, 4) is 0 Å². The SMILES string of the molecule is CCCCCCCCCCCCCCCCCCCCC/C=C/C(O)C(COP(=O)(O)OC1C(O)C(O)C(O)C(O)C1O)NC(=O)CC(O)CCCCCCCCCCCCCCCCCCCCCC. The van der Waals surface area contributed by atoms with Crippen molar-refractivity contribution in [2.75, 3.05) is 6.61 Å². The van der Waals surface area contributed by atoms with Gasteiger partial charge >= 0.3 is 7.82 Å². The molecule has 8 unspecified atom stereocenters. The van der Waals surface area contributed by atoms with E-state index in [2.05, 4.69) is 19.2 Å². The molecule has 13 nitrogen and oxygen atoms in total. The lowest BCUT2D eigenvalue weighted by atomic mass is 9.85. The number of rotatable bonds is 51. The number of phosphoric acid groups is 1. The van der Waals surface area contributed by atoms with Gasteiger partial charge in [-0.25, -0.2) is 4.57 Å². The molecule has 71 heavy (non-hydrogen) atoms. The Labute approximate surface area is 433 Å². The number of aliphatic hydroxyl groups is 7. The molecule has 0 aliphatic heterocycles. The maximum absolute atomic E-state index is 13.1. The summed E-state index contributed by atoms with van der Waals surface area (Å²) in [5, 5.41) is 74.9. The number of aliphatic hydroxyl groups excluding tert-OH is 7. The van der Waals surface area contributed by atoms with Gasteiger partial charge < -0.3 is 46.0 Å². The molecule has 1 fully saturated rings. The second kappa shape index (κ2) is 46.4. The number of hydrogen-bond acceptors (Lipinski definition) is 11. The summed E-state index contributed by atoms with van der Waals surface area (Å²) in [6.07, 6.45) is 40.1. The Morgan fingerprint density at radius 3 is 1.15 bits per heavy atom. The Morgan fingerprint density at radius 2 is 0.803 bits per heavy atom. The van der Waals surface area contributed by atoms with E-state index in [0.717, 1.165) is 44.9 Å². The van der Waals surface area contributed by atoms with Gasteiger partial charge in [0, 0.05) is 0 Å². The van der Waals surface area contributed by atoms with Crippen LogP contribution in [0.4, 0.5) is 0 Å². The first-order chi connectivity index (χ1) is 34.3. The van der Waals surface area contributed by atoms with Crippen LogP contribution in [0.1, 0.15) is 284 Å². The molecule has 422 valence electrons. The van der Waals surface area contributed by atoms with Crippen molar-refractivity contribution in [3.05, 3.63) is 12.2 Å². The number of phosphoric ester groups is 1. The average molecular weight is 1030 g/mol. The van der Waals surface area contributed by atoms with Gasteiger partial charge in [0.05, 0.1) is 31.3 Å². The van der Waals surface area contributed by atoms with E-state index >= 15 is 0 Å². The van der Waals surface area contributed by atoms with Crippen molar-refractivity contribution < 1.29 is 59.0 Å². The van der Waals surface area contributed by atoms with Crippen LogP contribution in [0.5, 0.6) is 0 Å². The number of nitrogens with one attached hydrogen (secondary N) is 1. The van der Waals surface area contributed by atoms with E-state index in [9.17, 15) is 50.0 Å². The molecule has 14 heteroatoms. The predicted molar refractivity (Wildman–Crippen MR) is 289 cm³/mol. The third-order valence-corrected chi connectivity index (χ3v) is 15.6. The quantitative estimate of drug-likeness (QED) is 0.0158. The largest absolute Gasteiger partial charge is 0.472 e. The lowest BCUT2D eigenvalue weighted by molar-refractivity contribution is -0.220. The highest BCUT2D eigenvalue weighted by molar-refractivity contribution is 7.47. The molecule has 0 saturated heterocycles. The summed E-state index contributed by atoms with van der Waals surface area (Å²) in [4.78, 5) is 23.6. The minimum atomic E-state index is -5.15. The minimum Gasteiger partial charge on any atom is -0.393 e. The smallest absolute Gasteiger partial charge is 0.393 e. The van der Waals surface area contributed by atoms with Gasteiger partial charge in [-0.15, -0.1) is 0 Å². The predicted octanol–water partition coefficient (Wildman–Crippen LogP) is 12.5. The van der Waals surface area contributed by atoms with Crippen LogP contribution in [-0.4, -0.2) is 108 Å². The summed E-state index contributed by atoms with van der Waals surface area (Å²) < 4.78 is 23.0. The zero-order valence-corrected chi connectivity index (χ0v) is 46.3. The van der Waals surface area contributed by atoms with Gasteiger partial charge in [0.1, 0.15) is 36.6 Å². The van der Waals surface area contributed by atoms with Crippen LogP contribution in [0.3, 0.4) is 0 Å². The number of carbonyl (C=O) groups excluding carboxylic acids is 1. The van der Waals surface area contributed by atoms with Crippen molar-refractivity contribution in [2.45, 2.75) is 338 Å². The van der Waals surface area contributed by atoms with Crippen LogP contribution >= 0.6 is 7.82 Å². The molecule has 0 bridgehead atoms. The molecule has 1 aliphatic rings. The summed E-state index contributed by atoms with van der Waals surface area (Å²) in [5.74, 6) is -0.586. The first-order valence-corrected chi connectivity index (χ1v) is 31.2. The highest BCUT2D eigenvalue weighted by atomic mass is 31.2. The van der Waals surface area contributed by atoms with E-state index in [1.165, 1.54) is 212 Å². The number of hydrogen-bond donors (Lipinski definition) is 9. The second-order valence-electron chi connectivity index (χ2n) is 21.4. The zero-order valence-electron chi connectivity index (χ0n) is 45.4. The molecule has 1 aliphatic carbocycles. The molecule has 0 heterocycles. The fourth-order valence-electron chi connectivity index (χ4n) is 9.83. The van der Waals surface area contributed by atoms with Crippen molar-refractivity contribution in [2.24, 2.45) is 0 Å². The Morgan fingerprint density at radius 1 is 0.493 bits per heavy atom. The molecule has 0 aromatic carbocycles. The van der Waals surface area contributed by atoms with E-state index in [1.807, 2.05) is 0 Å². The van der Waals surface area contributed by atoms with E-state index in [0.29, 0.717) is 12.8 Å². The molecule has 1 rings (SSSR count). The second-order valence-corrected chi connectivity index (χ2v) is 22.8. The van der Waals surface area contributed by atoms with Crippen LogP contribution < -0.4 is 5.32 Å². The van der Waals surface area contributed by atoms with E-state index in [4.69, 9.17) is 9.05 Å². The molecule has 0 radical (unpaired) electrons. The van der Waals surface area contributed by atoms with Gasteiger partial charge in [-0.3, -0.25) is 13.8 Å². The maximum Gasteiger partial charge on any atom is 0.472 e. The molecule has 0 spiro atoms. The number of amides is 1. The highest BCUT2D eigenvalue weighted by Crippen LogP contribution is 2.47. The molecule has 1 saturated carbocycles. The number of allylic oxidation sites excluding steroid dienone is 1. The number of carbonyl (C=O) groups is 1. The van der Waals surface area contributed by atoms with Gasteiger partial charge in [-0.1, -0.05) is 270 Å². The summed E-state index contributed by atoms with van der Waals surface area (Å²) in [7, 11) is -5.15. The van der Waals surface area contributed by atoms with Gasteiger partial charge in [-0.2, -0.15) is 0 Å². The Balaban J connectivity index is 2.39. The van der Waals surface area contributed by atoms with Crippen molar-refractivity contribution >= 4 is 13.7 Å². The van der Waals surface area contributed by atoms with Crippen LogP contribution in [0.15, 0.2) is 12.2 Å². The van der Waals surface area contributed by atoms with Gasteiger partial charge in [0.15, 0.2) is 0 Å². The molecule has 0 aromatic rings. The molecule has 0 aromatic heterocycles. The first kappa shape index (κ1) is 68.1. The third-order valence-electron chi connectivity index (χ3n) is 14.6. The molecular weight excluding hydrogens is 922 g/mol. The van der Waals surface area contributed by atoms with Crippen molar-refractivity contribution in [1.82, 2.24) is 5.32 Å². The van der Waals surface area contributed by atoms with Gasteiger partial charge in [0.25, 0.3) is 0 Å². The van der Waals surface area contributed by atoms with Crippen LogP contribution in [0, 0.1) is 0 Å². The average Bonchev–Trinajstić information content (AvgIpc) is 3.35. The fourth-order valence-corrected chi connectivity index (χ4v) is 10.8. The standard InChI is InChI=1S/C57H112NO12P/c1-3-5-7-9-11-13-15-17-19-21-23-25-27-29-31-33-35-37-39-41-43-45-50(60)49(47-69-71(67,68)70-57-55(65)53(63)52(62)54(64)56(57)66)58-51(61)46-48(59)44-42-40-38-36-34-32-30-28-26-24-22-20-18-16-14-12-10-8-6-4-2/h43,45,48-50,52-57,59-60,62-66H,3-42,44,46-47H2,1-2H3,(H,58,61)(H,67,68)/b45-43+. The van der Waals surface area contributed by atoms with Crippen LogP contribution in [-0.2, 0) is 18.4 Å². The molecule has 9 N–H and O–H groups in total. The van der Waals surface area contributed by atoms with Gasteiger partial charge in [-0.05, 0) is 19.3 Å². The Bertz CT molecular complexity index is 1260. The zero-order chi connectivity index (χ0) is 52.2. The number of unbranched alkanes of at least 4 members (excludes halogenated alkanes) is 38. The Hall–Kier alpha value is -0.960. The maximum atomic E-state index is 13.1. The summed E-state index contributed by atoms with van der Waals surface area (Å²) >= 11 is 0. The van der Waals surface area contributed by atoms with Crippen molar-refractivity contribution in [3.63, 3.8) is 0 Å². The van der Waals surface area contributed by atoms with E-state index < -0.39 is 75.2 Å². The minimum absolute atomic E-state index is 0.239. The summed E-state index contributed by atoms with van der Waals surface area (Å²) in [6, 6.07) is -1.24. The molecule has 8 atom stereocenters. The van der Waals surface area contributed by atoms with Gasteiger partial charge in [0.2, 0.25) is 5.91 Å². The first-order valence-electron chi connectivity index (χ1n) is 29.7. The van der Waals surface area contributed by atoms with E-state index in [1.54, 1.807) is 6.08 Å². The van der Waals surface area contributed by atoms with Crippen LogP contribution in [0.2, 0.25) is 0 Å². The monoisotopic (exact) mass is 1030 g/mol. The fraction of sp³-hybridized carbons (Fsp3) is 0.947. The Kier molecular flexibility index (Phi) is 44.4. The molecule has 1 amide bonds. The highest BCUT2D eigenvalue weighted by Gasteiger charge is 2.51. The van der Waals surface area contributed by atoms with Crippen LogP contribution in [0.25, 0.3) is 0 Å². The summed E-state index contributed by atoms with van der Waals surface area (Å²) in [5.41, 5.74) is 0.